The lowest BCUT2D eigenvalue weighted by molar-refractivity contribution is 0.0944. The number of ether oxygens (including phenoxy) is 1. The molecule has 27 heavy (non-hydrogen) atoms. The molecule has 3 rings (SSSR count). The van der Waals surface area contributed by atoms with Gasteiger partial charge in [-0.25, -0.2) is 4.68 Å². The lowest BCUT2D eigenvalue weighted by Crippen LogP contribution is -2.15. The molecule has 3 aromatic rings. The Balaban J connectivity index is 2.15. The number of nitrogens with zero attached hydrogens (tertiary/aromatic N) is 3. The molecule has 0 N–H and O–H groups in total. The van der Waals surface area contributed by atoms with Crippen molar-refractivity contribution in [3.05, 3.63) is 65.0 Å². The quantitative estimate of drug-likeness (QED) is 0.489. The second kappa shape index (κ2) is 7.88. The number of aryl methyl sites for hydroxylation is 2. The maximum absolute atomic E-state index is 12.8. The van der Waals surface area contributed by atoms with E-state index >= 15 is 0 Å². The van der Waals surface area contributed by atoms with Crippen LogP contribution in [0.1, 0.15) is 35.1 Å². The molecule has 0 bridgehead atoms. The van der Waals surface area contributed by atoms with Gasteiger partial charge in [-0.15, -0.1) is 0 Å². The number of benzene rings is 2. The number of fused-ring (bicyclic) bond motifs is 1. The fourth-order valence-electron chi connectivity index (χ4n) is 3.00. The van der Waals surface area contributed by atoms with Crippen LogP contribution in [0.2, 0.25) is 0 Å². The standard InChI is InChI=1S/C22H21N3O2/c1-4-11-27-21-10-9-17-7-5-6-8-19(17)20(21)13-18(14-23)22(26)25-16(3)12-15(2)24-25/h5-10,12-13H,4,11H2,1-3H3/b18-13+. The first-order valence-electron chi connectivity index (χ1n) is 8.89. The van der Waals surface area contributed by atoms with Gasteiger partial charge in [-0.3, -0.25) is 4.79 Å². The minimum absolute atomic E-state index is 0.0129. The average Bonchev–Trinajstić information content (AvgIpc) is 3.02. The summed E-state index contributed by atoms with van der Waals surface area (Å²) in [7, 11) is 0. The third-order valence-electron chi connectivity index (χ3n) is 4.23. The van der Waals surface area contributed by atoms with E-state index < -0.39 is 5.91 Å². The number of hydrogen-bond acceptors (Lipinski definition) is 4. The van der Waals surface area contributed by atoms with E-state index in [0.29, 0.717) is 18.1 Å². The number of nitriles is 1. The van der Waals surface area contributed by atoms with Crippen molar-refractivity contribution in [2.75, 3.05) is 6.61 Å². The predicted octanol–water partition coefficient (Wildman–Crippen LogP) is 4.69. The zero-order valence-corrected chi connectivity index (χ0v) is 15.7. The highest BCUT2D eigenvalue weighted by molar-refractivity contribution is 6.06. The summed E-state index contributed by atoms with van der Waals surface area (Å²) in [4.78, 5) is 12.8. The molecule has 0 saturated carbocycles. The highest BCUT2D eigenvalue weighted by Crippen LogP contribution is 2.30. The molecule has 1 aromatic heterocycles. The topological polar surface area (TPSA) is 67.9 Å². The first-order valence-corrected chi connectivity index (χ1v) is 8.89. The lowest BCUT2D eigenvalue weighted by Gasteiger charge is -2.12. The van der Waals surface area contributed by atoms with Crippen molar-refractivity contribution in [1.82, 2.24) is 9.78 Å². The van der Waals surface area contributed by atoms with Crippen molar-refractivity contribution < 1.29 is 9.53 Å². The molecule has 0 saturated heterocycles. The maximum Gasteiger partial charge on any atom is 0.289 e. The van der Waals surface area contributed by atoms with E-state index in [4.69, 9.17) is 4.74 Å². The molecular weight excluding hydrogens is 338 g/mol. The summed E-state index contributed by atoms with van der Waals surface area (Å²) in [5.41, 5.74) is 2.17. The molecule has 0 aliphatic carbocycles. The Morgan fingerprint density at radius 1 is 1.26 bits per heavy atom. The van der Waals surface area contributed by atoms with Gasteiger partial charge in [0.15, 0.2) is 0 Å². The van der Waals surface area contributed by atoms with Gasteiger partial charge in [-0.2, -0.15) is 10.4 Å². The van der Waals surface area contributed by atoms with Crippen LogP contribution in [0.25, 0.3) is 16.8 Å². The Kier molecular flexibility index (Phi) is 5.37. The van der Waals surface area contributed by atoms with E-state index in [-0.39, 0.29) is 5.57 Å². The molecule has 0 amide bonds. The fourth-order valence-corrected chi connectivity index (χ4v) is 3.00. The first kappa shape index (κ1) is 18.4. The normalized spacial score (nSPS) is 11.4. The molecule has 5 heteroatoms. The lowest BCUT2D eigenvalue weighted by atomic mass is 10.0. The van der Waals surface area contributed by atoms with Gasteiger partial charge in [0.25, 0.3) is 5.91 Å². The summed E-state index contributed by atoms with van der Waals surface area (Å²) in [5, 5.41) is 15.8. The minimum Gasteiger partial charge on any atom is -0.493 e. The molecule has 1 heterocycles. The van der Waals surface area contributed by atoms with E-state index in [1.54, 1.807) is 19.1 Å². The third kappa shape index (κ3) is 3.75. The molecule has 0 unspecified atom stereocenters. The Morgan fingerprint density at radius 3 is 2.70 bits per heavy atom. The van der Waals surface area contributed by atoms with E-state index in [0.717, 1.165) is 28.5 Å². The van der Waals surface area contributed by atoms with E-state index in [2.05, 4.69) is 5.10 Å². The summed E-state index contributed by atoms with van der Waals surface area (Å²) in [6.45, 7) is 6.20. The van der Waals surface area contributed by atoms with Crippen LogP contribution in [0.3, 0.4) is 0 Å². The predicted molar refractivity (Wildman–Crippen MR) is 106 cm³/mol. The monoisotopic (exact) mass is 359 g/mol. The van der Waals surface area contributed by atoms with Crippen molar-refractivity contribution in [2.24, 2.45) is 0 Å². The van der Waals surface area contributed by atoms with Crippen LogP contribution in [0.5, 0.6) is 5.75 Å². The molecule has 2 aromatic carbocycles. The fraction of sp³-hybridized carbons (Fsp3) is 0.227. The van der Waals surface area contributed by atoms with Gasteiger partial charge in [0, 0.05) is 11.3 Å². The molecule has 0 atom stereocenters. The van der Waals surface area contributed by atoms with Crippen LogP contribution >= 0.6 is 0 Å². The largest absolute Gasteiger partial charge is 0.493 e. The number of rotatable bonds is 5. The molecule has 0 fully saturated rings. The van der Waals surface area contributed by atoms with Crippen molar-refractivity contribution in [1.29, 1.82) is 5.26 Å². The molecule has 0 radical (unpaired) electrons. The van der Waals surface area contributed by atoms with E-state index in [9.17, 15) is 10.1 Å². The van der Waals surface area contributed by atoms with Gasteiger partial charge in [0.2, 0.25) is 0 Å². The molecule has 136 valence electrons. The SMILES string of the molecule is CCCOc1ccc2ccccc2c1/C=C(\C#N)C(=O)n1nc(C)cc1C. The van der Waals surface area contributed by atoms with Crippen LogP contribution < -0.4 is 4.74 Å². The third-order valence-corrected chi connectivity index (χ3v) is 4.23. The number of hydrogen-bond donors (Lipinski definition) is 0. The van der Waals surface area contributed by atoms with Gasteiger partial charge in [0.05, 0.1) is 12.3 Å². The zero-order valence-electron chi connectivity index (χ0n) is 15.7. The van der Waals surface area contributed by atoms with Gasteiger partial charge >= 0.3 is 0 Å². The summed E-state index contributed by atoms with van der Waals surface area (Å²) >= 11 is 0. The van der Waals surface area contributed by atoms with Crippen LogP contribution in [0.15, 0.2) is 48.0 Å². The smallest absolute Gasteiger partial charge is 0.289 e. The minimum atomic E-state index is -0.447. The summed E-state index contributed by atoms with van der Waals surface area (Å²) in [5.74, 6) is 0.210. The molecule has 0 spiro atoms. The van der Waals surface area contributed by atoms with Crippen LogP contribution in [-0.4, -0.2) is 22.3 Å². The van der Waals surface area contributed by atoms with E-state index in [1.165, 1.54) is 4.68 Å². The first-order chi connectivity index (χ1) is 13.0. The van der Waals surface area contributed by atoms with Crippen molar-refractivity contribution in [2.45, 2.75) is 27.2 Å². The number of carbonyl (C=O) groups is 1. The number of allylic oxidation sites excluding steroid dienone is 1. The van der Waals surface area contributed by atoms with E-state index in [1.807, 2.05) is 56.3 Å². The van der Waals surface area contributed by atoms with Crippen molar-refractivity contribution in [3.63, 3.8) is 0 Å². The number of carbonyl (C=O) groups excluding carboxylic acids is 1. The molecule has 0 aliphatic heterocycles. The van der Waals surface area contributed by atoms with Gasteiger partial charge < -0.3 is 4.74 Å². The number of aromatic nitrogens is 2. The summed E-state index contributed by atoms with van der Waals surface area (Å²) in [6, 6.07) is 15.5. The second-order valence-corrected chi connectivity index (χ2v) is 6.36. The highest BCUT2D eigenvalue weighted by atomic mass is 16.5. The van der Waals surface area contributed by atoms with Gasteiger partial charge in [-0.1, -0.05) is 37.3 Å². The second-order valence-electron chi connectivity index (χ2n) is 6.36. The Hall–Kier alpha value is -3.39. The molecule has 0 aliphatic rings. The van der Waals surface area contributed by atoms with Crippen molar-refractivity contribution in [3.8, 4) is 11.8 Å². The zero-order chi connectivity index (χ0) is 19.4. The van der Waals surface area contributed by atoms with Gasteiger partial charge in [0.1, 0.15) is 17.4 Å². The average molecular weight is 359 g/mol. The summed E-state index contributed by atoms with van der Waals surface area (Å²) < 4.78 is 7.13. The molecular formula is C22H21N3O2. The van der Waals surface area contributed by atoms with Crippen LogP contribution in [0.4, 0.5) is 0 Å². The van der Waals surface area contributed by atoms with Crippen LogP contribution in [-0.2, 0) is 0 Å². The Bertz CT molecular complexity index is 1070. The van der Waals surface area contributed by atoms with Crippen LogP contribution in [0, 0.1) is 25.2 Å². The van der Waals surface area contributed by atoms with Gasteiger partial charge in [-0.05, 0) is 49.2 Å². The van der Waals surface area contributed by atoms with Crippen molar-refractivity contribution >= 4 is 22.8 Å². The summed E-state index contributed by atoms with van der Waals surface area (Å²) in [6.07, 6.45) is 2.47. The Morgan fingerprint density at radius 2 is 2.04 bits per heavy atom. The highest BCUT2D eigenvalue weighted by Gasteiger charge is 2.17. The Labute approximate surface area is 158 Å². The maximum atomic E-state index is 12.8. The molecule has 5 nitrogen and oxygen atoms in total.